The Hall–Kier alpha value is -2.87. The highest BCUT2D eigenvalue weighted by molar-refractivity contribution is 8.00. The predicted molar refractivity (Wildman–Crippen MR) is 96.6 cm³/mol. The molecule has 1 atom stereocenters. The summed E-state index contributed by atoms with van der Waals surface area (Å²) in [6, 6.07) is 13.2. The van der Waals surface area contributed by atoms with Crippen molar-refractivity contribution in [2.24, 2.45) is 0 Å². The molecule has 2 aromatic carbocycles. The molecule has 0 aliphatic rings. The lowest BCUT2D eigenvalue weighted by atomic mass is 10.2. The third-order valence-corrected chi connectivity index (χ3v) is 4.43. The molecular weight excluding hydrogens is 357 g/mol. The second-order valence-corrected chi connectivity index (χ2v) is 6.63. The van der Waals surface area contributed by atoms with Gasteiger partial charge in [-0.1, -0.05) is 30.0 Å². The van der Waals surface area contributed by atoms with Gasteiger partial charge in [-0.05, 0) is 31.2 Å². The average molecular weight is 373 g/mol. The number of hydrogen-bond acceptors (Lipinski definition) is 6. The number of nitrogens with zero attached hydrogens (tertiary/aromatic N) is 2. The number of hydrogen-bond donors (Lipinski definition) is 1. The average Bonchev–Trinajstić information content (AvgIpc) is 3.10. The summed E-state index contributed by atoms with van der Waals surface area (Å²) in [5.41, 5.74) is 0.847. The van der Waals surface area contributed by atoms with Crippen LogP contribution in [0.3, 0.4) is 0 Å². The van der Waals surface area contributed by atoms with E-state index in [2.05, 4.69) is 15.5 Å². The van der Waals surface area contributed by atoms with E-state index in [-0.39, 0.29) is 22.6 Å². The summed E-state index contributed by atoms with van der Waals surface area (Å²) in [6.45, 7) is 1.72. The number of aromatic nitrogens is 2. The molecule has 0 radical (unpaired) electrons. The van der Waals surface area contributed by atoms with E-state index in [1.165, 1.54) is 6.07 Å². The van der Waals surface area contributed by atoms with E-state index >= 15 is 0 Å². The number of rotatable bonds is 6. The summed E-state index contributed by atoms with van der Waals surface area (Å²) < 4.78 is 24.4. The Morgan fingerprint density at radius 3 is 2.81 bits per heavy atom. The highest BCUT2D eigenvalue weighted by Crippen LogP contribution is 2.28. The number of anilines is 1. The molecule has 134 valence electrons. The molecule has 0 fully saturated rings. The topological polar surface area (TPSA) is 77.2 Å². The summed E-state index contributed by atoms with van der Waals surface area (Å²) in [6.07, 6.45) is 0. The Bertz CT molecular complexity index is 916. The van der Waals surface area contributed by atoms with Gasteiger partial charge in [0.1, 0.15) is 11.6 Å². The molecule has 6 nitrogen and oxygen atoms in total. The van der Waals surface area contributed by atoms with Crippen LogP contribution in [0.2, 0.25) is 0 Å². The SMILES string of the molecule is COc1cccc(NC(=O)[C@H](C)Sc2nnc(-c3ccccc3F)o2)c1. The molecule has 8 heteroatoms. The van der Waals surface area contributed by atoms with Crippen molar-refractivity contribution in [3.63, 3.8) is 0 Å². The van der Waals surface area contributed by atoms with E-state index in [4.69, 9.17) is 9.15 Å². The zero-order valence-electron chi connectivity index (χ0n) is 14.1. The number of carbonyl (C=O) groups is 1. The van der Waals surface area contributed by atoms with Gasteiger partial charge in [0.25, 0.3) is 11.1 Å². The van der Waals surface area contributed by atoms with Crippen molar-refractivity contribution in [1.82, 2.24) is 10.2 Å². The van der Waals surface area contributed by atoms with Gasteiger partial charge in [0.2, 0.25) is 5.91 Å². The van der Waals surface area contributed by atoms with E-state index in [0.29, 0.717) is 11.4 Å². The normalized spacial score (nSPS) is 11.8. The monoisotopic (exact) mass is 373 g/mol. The fraction of sp³-hybridized carbons (Fsp3) is 0.167. The van der Waals surface area contributed by atoms with Gasteiger partial charge in [-0.2, -0.15) is 0 Å². The molecule has 0 unspecified atom stereocenters. The van der Waals surface area contributed by atoms with Crippen molar-refractivity contribution >= 4 is 23.4 Å². The molecule has 1 heterocycles. The lowest BCUT2D eigenvalue weighted by Gasteiger charge is -2.10. The van der Waals surface area contributed by atoms with Crippen LogP contribution < -0.4 is 10.1 Å². The first-order chi connectivity index (χ1) is 12.6. The summed E-state index contributed by atoms with van der Waals surface area (Å²) >= 11 is 1.10. The molecule has 3 aromatic rings. The van der Waals surface area contributed by atoms with Crippen LogP contribution in [0.25, 0.3) is 11.5 Å². The second-order valence-electron chi connectivity index (χ2n) is 5.33. The van der Waals surface area contributed by atoms with Crippen LogP contribution in [0, 0.1) is 5.82 Å². The molecule has 3 rings (SSSR count). The maximum atomic E-state index is 13.8. The number of benzene rings is 2. The molecule has 1 N–H and O–H groups in total. The minimum Gasteiger partial charge on any atom is -0.497 e. The quantitative estimate of drug-likeness (QED) is 0.658. The number of nitrogens with one attached hydrogen (secondary N) is 1. The standard InChI is InChI=1S/C18H16FN3O3S/c1-11(16(23)20-12-6-5-7-13(10-12)24-2)26-18-22-21-17(25-18)14-8-3-4-9-15(14)19/h3-11H,1-2H3,(H,20,23)/t11-/m0/s1. The molecule has 0 spiro atoms. The van der Waals surface area contributed by atoms with Crippen molar-refractivity contribution in [3.8, 4) is 17.2 Å². The highest BCUT2D eigenvalue weighted by Gasteiger charge is 2.20. The summed E-state index contributed by atoms with van der Waals surface area (Å²) in [7, 11) is 1.56. The second kappa shape index (κ2) is 8.01. The Balaban J connectivity index is 1.65. The minimum atomic E-state index is -0.491. The molecule has 0 bridgehead atoms. The lowest BCUT2D eigenvalue weighted by molar-refractivity contribution is -0.115. The van der Waals surface area contributed by atoms with Crippen LogP contribution in [-0.4, -0.2) is 28.5 Å². The van der Waals surface area contributed by atoms with Gasteiger partial charge in [0.05, 0.1) is 17.9 Å². The zero-order chi connectivity index (χ0) is 18.5. The van der Waals surface area contributed by atoms with Gasteiger partial charge in [0, 0.05) is 11.8 Å². The Labute approximate surface area is 153 Å². The fourth-order valence-electron chi connectivity index (χ4n) is 2.15. The predicted octanol–water partition coefficient (Wildman–Crippen LogP) is 4.00. The van der Waals surface area contributed by atoms with Crippen molar-refractivity contribution in [2.45, 2.75) is 17.4 Å². The number of thioether (sulfide) groups is 1. The maximum Gasteiger partial charge on any atom is 0.277 e. The highest BCUT2D eigenvalue weighted by atomic mass is 32.2. The Kier molecular flexibility index (Phi) is 5.52. The minimum absolute atomic E-state index is 0.0750. The molecular formula is C18H16FN3O3S. The van der Waals surface area contributed by atoms with Crippen LogP contribution >= 0.6 is 11.8 Å². The van der Waals surface area contributed by atoms with Gasteiger partial charge < -0.3 is 14.5 Å². The van der Waals surface area contributed by atoms with Gasteiger partial charge in [-0.3, -0.25) is 4.79 Å². The lowest BCUT2D eigenvalue weighted by Crippen LogP contribution is -2.22. The van der Waals surface area contributed by atoms with Gasteiger partial charge >= 0.3 is 0 Å². The molecule has 0 saturated carbocycles. The van der Waals surface area contributed by atoms with E-state index in [9.17, 15) is 9.18 Å². The first-order valence-electron chi connectivity index (χ1n) is 7.77. The summed E-state index contributed by atoms with van der Waals surface area (Å²) in [4.78, 5) is 12.3. The summed E-state index contributed by atoms with van der Waals surface area (Å²) in [5, 5.41) is 10.2. The number of halogens is 1. The Morgan fingerprint density at radius 1 is 1.23 bits per heavy atom. The molecule has 0 aliphatic heterocycles. The number of carbonyl (C=O) groups excluding carboxylic acids is 1. The third kappa shape index (κ3) is 4.20. The molecule has 1 aromatic heterocycles. The number of ether oxygens (including phenoxy) is 1. The van der Waals surface area contributed by atoms with E-state index in [1.54, 1.807) is 56.5 Å². The smallest absolute Gasteiger partial charge is 0.277 e. The molecule has 0 saturated heterocycles. The molecule has 26 heavy (non-hydrogen) atoms. The van der Waals surface area contributed by atoms with Gasteiger partial charge in [-0.15, -0.1) is 10.2 Å². The third-order valence-electron chi connectivity index (χ3n) is 3.49. The van der Waals surface area contributed by atoms with Crippen LogP contribution in [-0.2, 0) is 4.79 Å². The molecule has 0 aliphatic carbocycles. The maximum absolute atomic E-state index is 13.8. The van der Waals surface area contributed by atoms with Crippen LogP contribution in [0.15, 0.2) is 58.2 Å². The van der Waals surface area contributed by atoms with E-state index < -0.39 is 11.1 Å². The van der Waals surface area contributed by atoms with Crippen LogP contribution in [0.4, 0.5) is 10.1 Å². The van der Waals surface area contributed by atoms with Crippen molar-refractivity contribution in [1.29, 1.82) is 0 Å². The first-order valence-corrected chi connectivity index (χ1v) is 8.65. The van der Waals surface area contributed by atoms with Crippen molar-refractivity contribution in [3.05, 3.63) is 54.3 Å². The Morgan fingerprint density at radius 2 is 2.04 bits per heavy atom. The van der Waals surface area contributed by atoms with Crippen molar-refractivity contribution < 1.29 is 18.3 Å². The van der Waals surface area contributed by atoms with E-state index in [1.807, 2.05) is 0 Å². The fourth-order valence-corrected chi connectivity index (χ4v) is 2.83. The van der Waals surface area contributed by atoms with E-state index in [0.717, 1.165) is 11.8 Å². The largest absolute Gasteiger partial charge is 0.497 e. The summed E-state index contributed by atoms with van der Waals surface area (Å²) in [5.74, 6) is 0.0472. The van der Waals surface area contributed by atoms with Gasteiger partial charge in [0.15, 0.2) is 0 Å². The zero-order valence-corrected chi connectivity index (χ0v) is 14.9. The molecule has 1 amide bonds. The van der Waals surface area contributed by atoms with Gasteiger partial charge in [-0.25, -0.2) is 4.39 Å². The van der Waals surface area contributed by atoms with Crippen molar-refractivity contribution in [2.75, 3.05) is 12.4 Å². The first kappa shape index (κ1) is 17.9. The number of methoxy groups -OCH3 is 1. The number of amides is 1. The van der Waals surface area contributed by atoms with Crippen LogP contribution in [0.5, 0.6) is 5.75 Å². The van der Waals surface area contributed by atoms with Crippen LogP contribution in [0.1, 0.15) is 6.92 Å².